The Morgan fingerprint density at radius 2 is 2.03 bits per heavy atom. The van der Waals surface area contributed by atoms with Gasteiger partial charge in [0.1, 0.15) is 5.82 Å². The quantitative estimate of drug-likeness (QED) is 0.330. The maximum atomic E-state index is 13.3. The number of fused-ring (bicyclic) bond motifs is 1. The first kappa shape index (κ1) is 24.4. The molecule has 2 aromatic carbocycles. The highest BCUT2D eigenvalue weighted by Gasteiger charge is 2.24. The van der Waals surface area contributed by atoms with Crippen molar-refractivity contribution >= 4 is 16.8 Å². The molecule has 1 fully saturated rings. The topological polar surface area (TPSA) is 107 Å². The monoisotopic (exact) mass is 487 g/mol. The van der Waals surface area contributed by atoms with Gasteiger partial charge in [-0.3, -0.25) is 9.69 Å². The second-order valence-electron chi connectivity index (χ2n) is 9.99. The average Bonchev–Trinajstić information content (AvgIpc) is 3.46. The van der Waals surface area contributed by atoms with Crippen LogP contribution in [0.3, 0.4) is 0 Å². The van der Waals surface area contributed by atoms with Gasteiger partial charge in [-0.2, -0.15) is 0 Å². The number of aromatic amines is 1. The molecule has 188 valence electrons. The van der Waals surface area contributed by atoms with E-state index in [0.29, 0.717) is 17.8 Å². The minimum atomic E-state index is -0.235. The summed E-state index contributed by atoms with van der Waals surface area (Å²) in [6.45, 7) is 6.56. The van der Waals surface area contributed by atoms with E-state index in [1.807, 2.05) is 35.9 Å². The Kier molecular flexibility index (Phi) is 7.00. The number of nitrogens with zero attached hydrogens (tertiary/aromatic N) is 4. The first-order valence-corrected chi connectivity index (χ1v) is 12.5. The van der Waals surface area contributed by atoms with Crippen molar-refractivity contribution in [3.63, 3.8) is 0 Å². The summed E-state index contributed by atoms with van der Waals surface area (Å²) in [5.74, 6) is 0.994. The predicted octanol–water partition coefficient (Wildman–Crippen LogP) is 3.22. The molecule has 3 heterocycles. The molecule has 0 spiro atoms. The van der Waals surface area contributed by atoms with Crippen molar-refractivity contribution in [3.05, 3.63) is 77.1 Å². The van der Waals surface area contributed by atoms with Crippen molar-refractivity contribution in [1.82, 2.24) is 24.4 Å². The lowest BCUT2D eigenvalue weighted by molar-refractivity contribution is 0.0320. The van der Waals surface area contributed by atoms with Crippen molar-refractivity contribution in [2.24, 2.45) is 5.92 Å². The van der Waals surface area contributed by atoms with Crippen LogP contribution in [-0.2, 0) is 19.4 Å². The fourth-order valence-electron chi connectivity index (χ4n) is 5.02. The Labute approximate surface area is 210 Å². The van der Waals surface area contributed by atoms with Gasteiger partial charge in [0.15, 0.2) is 5.78 Å². The highest BCUT2D eigenvalue weighted by Crippen LogP contribution is 2.23. The van der Waals surface area contributed by atoms with Gasteiger partial charge >= 0.3 is 0 Å². The molecule has 0 bridgehead atoms. The molecule has 5 rings (SSSR count). The van der Waals surface area contributed by atoms with Crippen LogP contribution in [0.4, 0.5) is 0 Å². The Morgan fingerprint density at radius 3 is 2.78 bits per heavy atom. The minimum Gasteiger partial charge on any atom is -0.396 e. The van der Waals surface area contributed by atoms with E-state index in [-0.39, 0.29) is 30.8 Å². The average molecular weight is 488 g/mol. The van der Waals surface area contributed by atoms with Crippen molar-refractivity contribution in [2.45, 2.75) is 45.8 Å². The SMILES string of the molecule is Cc1cn(-c2cc(CC(=O)c3ccc4nc(CCO)[nH]c4c3)cc(CN3CCC(O)C(C)C3)c2)cn1. The molecule has 2 aromatic heterocycles. The van der Waals surface area contributed by atoms with Crippen molar-refractivity contribution in [2.75, 3.05) is 19.7 Å². The van der Waals surface area contributed by atoms with Gasteiger partial charge in [0.2, 0.25) is 0 Å². The lowest BCUT2D eigenvalue weighted by Crippen LogP contribution is -2.41. The molecular formula is C28H33N5O3. The number of benzene rings is 2. The van der Waals surface area contributed by atoms with E-state index in [0.717, 1.165) is 59.6 Å². The number of ketones is 1. The molecule has 1 saturated heterocycles. The van der Waals surface area contributed by atoms with Crippen LogP contribution in [0.1, 0.15) is 46.3 Å². The van der Waals surface area contributed by atoms with Crippen LogP contribution in [0.25, 0.3) is 16.7 Å². The summed E-state index contributed by atoms with van der Waals surface area (Å²) in [5.41, 5.74) is 6.23. The summed E-state index contributed by atoms with van der Waals surface area (Å²) < 4.78 is 1.99. The Bertz CT molecular complexity index is 1370. The second kappa shape index (κ2) is 10.3. The molecule has 8 nitrogen and oxygen atoms in total. The zero-order valence-electron chi connectivity index (χ0n) is 20.8. The van der Waals surface area contributed by atoms with E-state index in [1.165, 1.54) is 0 Å². The first-order chi connectivity index (χ1) is 17.4. The minimum absolute atomic E-state index is 0.0254. The van der Waals surface area contributed by atoms with Crippen LogP contribution < -0.4 is 0 Å². The van der Waals surface area contributed by atoms with Gasteiger partial charge in [-0.05, 0) is 60.7 Å². The number of carbonyl (C=O) groups is 1. The Hall–Kier alpha value is -3.33. The lowest BCUT2D eigenvalue weighted by Gasteiger charge is -2.34. The van der Waals surface area contributed by atoms with Crippen LogP contribution in [0.15, 0.2) is 48.9 Å². The predicted molar refractivity (Wildman–Crippen MR) is 138 cm³/mol. The van der Waals surface area contributed by atoms with Gasteiger partial charge in [-0.25, -0.2) is 9.97 Å². The smallest absolute Gasteiger partial charge is 0.167 e. The van der Waals surface area contributed by atoms with E-state index in [9.17, 15) is 15.0 Å². The first-order valence-electron chi connectivity index (χ1n) is 12.5. The lowest BCUT2D eigenvalue weighted by atomic mass is 9.95. The number of Topliss-reactive ketones (excluding diaryl/α,β-unsaturated/α-hetero) is 1. The number of hydrogen-bond donors (Lipinski definition) is 3. The molecule has 0 amide bonds. The number of carbonyl (C=O) groups excluding carboxylic acids is 1. The number of aromatic nitrogens is 4. The number of H-pyrrole nitrogens is 1. The van der Waals surface area contributed by atoms with Crippen LogP contribution in [0, 0.1) is 12.8 Å². The number of rotatable bonds is 8. The van der Waals surface area contributed by atoms with Crippen molar-refractivity contribution in [3.8, 4) is 5.69 Å². The van der Waals surface area contributed by atoms with Crippen LogP contribution in [-0.4, -0.2) is 66.2 Å². The fraction of sp³-hybridized carbons (Fsp3) is 0.393. The van der Waals surface area contributed by atoms with E-state index < -0.39 is 0 Å². The summed E-state index contributed by atoms with van der Waals surface area (Å²) in [5, 5.41) is 19.3. The number of imidazole rings is 2. The maximum Gasteiger partial charge on any atom is 0.167 e. The zero-order chi connectivity index (χ0) is 25.2. The highest BCUT2D eigenvalue weighted by molar-refractivity contribution is 6.00. The van der Waals surface area contributed by atoms with Crippen LogP contribution in [0.2, 0.25) is 0 Å². The highest BCUT2D eigenvalue weighted by atomic mass is 16.3. The summed E-state index contributed by atoms with van der Waals surface area (Å²) >= 11 is 0. The van der Waals surface area contributed by atoms with Gasteiger partial charge in [-0.15, -0.1) is 0 Å². The summed E-state index contributed by atoms with van der Waals surface area (Å²) in [4.78, 5) is 27.7. The Balaban J connectivity index is 1.40. The third-order valence-electron chi connectivity index (χ3n) is 6.96. The zero-order valence-corrected chi connectivity index (χ0v) is 20.8. The molecule has 4 aromatic rings. The van der Waals surface area contributed by atoms with E-state index in [1.54, 1.807) is 6.33 Å². The third kappa shape index (κ3) is 5.41. The maximum absolute atomic E-state index is 13.3. The summed E-state index contributed by atoms with van der Waals surface area (Å²) in [7, 11) is 0. The number of aliphatic hydroxyl groups excluding tert-OH is 2. The normalized spacial score (nSPS) is 18.7. The van der Waals surface area contributed by atoms with Crippen LogP contribution in [0.5, 0.6) is 0 Å². The molecule has 0 radical (unpaired) electrons. The van der Waals surface area contributed by atoms with Gasteiger partial charge in [0.05, 0.1) is 35.8 Å². The Morgan fingerprint density at radius 1 is 1.19 bits per heavy atom. The largest absolute Gasteiger partial charge is 0.396 e. The standard InChI is InChI=1S/C28H33N5O3/c1-18-14-32(7-5-26(18)35)16-21-9-20(10-23(11-21)33-15-19(2)29-17-33)12-27(36)22-3-4-24-25(13-22)31-28(30-24)6-8-34/h3-4,9-11,13,15,17-18,26,34-35H,5-8,12,14,16H2,1-2H3,(H,30,31). The molecule has 8 heteroatoms. The molecule has 1 aliphatic rings. The number of aliphatic hydroxyl groups is 2. The molecule has 0 saturated carbocycles. The summed E-state index contributed by atoms with van der Waals surface area (Å²) in [6.07, 6.45) is 5.07. The molecule has 36 heavy (non-hydrogen) atoms. The van der Waals surface area contributed by atoms with Gasteiger partial charge in [0, 0.05) is 49.9 Å². The van der Waals surface area contributed by atoms with E-state index in [4.69, 9.17) is 0 Å². The second-order valence-corrected chi connectivity index (χ2v) is 9.99. The van der Waals surface area contributed by atoms with Gasteiger partial charge in [0.25, 0.3) is 0 Å². The third-order valence-corrected chi connectivity index (χ3v) is 6.96. The fourth-order valence-corrected chi connectivity index (χ4v) is 5.02. The van der Waals surface area contributed by atoms with E-state index in [2.05, 4.69) is 45.0 Å². The number of aryl methyl sites for hydroxylation is 1. The van der Waals surface area contributed by atoms with Crippen molar-refractivity contribution in [1.29, 1.82) is 0 Å². The van der Waals surface area contributed by atoms with E-state index >= 15 is 0 Å². The molecule has 1 aliphatic heterocycles. The molecular weight excluding hydrogens is 454 g/mol. The molecule has 2 atom stereocenters. The summed E-state index contributed by atoms with van der Waals surface area (Å²) in [6, 6.07) is 11.8. The molecule has 0 aliphatic carbocycles. The number of nitrogens with one attached hydrogen (secondary N) is 1. The number of piperidine rings is 1. The van der Waals surface area contributed by atoms with Crippen molar-refractivity contribution < 1.29 is 15.0 Å². The van der Waals surface area contributed by atoms with Crippen LogP contribution >= 0.6 is 0 Å². The number of hydrogen-bond acceptors (Lipinski definition) is 6. The van der Waals surface area contributed by atoms with Gasteiger partial charge in [-0.1, -0.05) is 13.0 Å². The molecule has 3 N–H and O–H groups in total. The number of likely N-dealkylation sites (tertiary alicyclic amines) is 1. The van der Waals surface area contributed by atoms with Gasteiger partial charge < -0.3 is 19.8 Å². The molecule has 2 unspecified atom stereocenters.